The first-order valence-electron chi connectivity index (χ1n) is 4.77. The Hall–Kier alpha value is -1.46. The van der Waals surface area contributed by atoms with Gasteiger partial charge in [0.05, 0.1) is 0 Å². The fourth-order valence-electron chi connectivity index (χ4n) is 1.33. The van der Waals surface area contributed by atoms with Crippen molar-refractivity contribution >= 4 is 11.3 Å². The molecule has 16 heavy (non-hydrogen) atoms. The van der Waals surface area contributed by atoms with Crippen molar-refractivity contribution in [2.45, 2.75) is 13.0 Å². The van der Waals surface area contributed by atoms with E-state index in [4.69, 9.17) is 5.73 Å². The monoisotopic (exact) mass is 238 g/mol. The van der Waals surface area contributed by atoms with Gasteiger partial charge in [0.25, 0.3) is 0 Å². The first-order chi connectivity index (χ1) is 7.56. The maximum atomic E-state index is 13.1. The molecule has 0 bridgehead atoms. The van der Waals surface area contributed by atoms with Gasteiger partial charge in [-0.05, 0) is 19.1 Å². The van der Waals surface area contributed by atoms with Crippen molar-refractivity contribution in [1.82, 2.24) is 4.98 Å². The molecular formula is C11H11FN2OS. The van der Waals surface area contributed by atoms with Gasteiger partial charge in [0.15, 0.2) is 0 Å². The Labute approximate surface area is 96.4 Å². The van der Waals surface area contributed by atoms with Crippen LogP contribution in [0.15, 0.2) is 24.4 Å². The van der Waals surface area contributed by atoms with Crippen molar-refractivity contribution in [3.63, 3.8) is 0 Å². The van der Waals surface area contributed by atoms with E-state index in [-0.39, 0.29) is 11.8 Å². The fraction of sp³-hybridized carbons (Fsp3) is 0.182. The van der Waals surface area contributed by atoms with Crippen molar-refractivity contribution in [1.29, 1.82) is 0 Å². The SMILES string of the molecule is CC(N)c1cnc(-c2cc(O)cc(F)c2)s1. The first kappa shape index (κ1) is 11.0. The Balaban J connectivity index is 2.42. The normalized spacial score (nSPS) is 12.7. The number of halogens is 1. The number of phenols is 1. The highest BCUT2D eigenvalue weighted by Gasteiger charge is 2.09. The van der Waals surface area contributed by atoms with Crippen LogP contribution in [0.2, 0.25) is 0 Å². The second-order valence-electron chi connectivity index (χ2n) is 3.55. The Morgan fingerprint density at radius 2 is 2.19 bits per heavy atom. The van der Waals surface area contributed by atoms with Crippen LogP contribution in [0, 0.1) is 5.82 Å². The lowest BCUT2D eigenvalue weighted by Crippen LogP contribution is -2.01. The highest BCUT2D eigenvalue weighted by atomic mass is 32.1. The molecule has 0 fully saturated rings. The molecule has 0 aliphatic carbocycles. The molecular weight excluding hydrogens is 227 g/mol. The number of benzene rings is 1. The number of thiazole rings is 1. The second-order valence-corrected chi connectivity index (χ2v) is 4.62. The third-order valence-electron chi connectivity index (χ3n) is 2.10. The zero-order chi connectivity index (χ0) is 11.7. The van der Waals surface area contributed by atoms with E-state index in [9.17, 15) is 9.50 Å². The van der Waals surface area contributed by atoms with Crippen molar-refractivity contribution < 1.29 is 9.50 Å². The standard InChI is InChI=1S/C11H11FN2OS/c1-6(13)10-5-14-11(16-10)7-2-8(12)4-9(15)3-7/h2-6,15H,13H2,1H3. The number of hydrogen-bond acceptors (Lipinski definition) is 4. The van der Waals surface area contributed by atoms with Crippen LogP contribution in [-0.4, -0.2) is 10.1 Å². The number of hydrogen-bond donors (Lipinski definition) is 2. The van der Waals surface area contributed by atoms with Crippen LogP contribution in [0.1, 0.15) is 17.8 Å². The summed E-state index contributed by atoms with van der Waals surface area (Å²) in [5.74, 6) is -0.583. The predicted octanol–water partition coefficient (Wildman–Crippen LogP) is 2.67. The third kappa shape index (κ3) is 2.20. The number of nitrogens with zero attached hydrogens (tertiary/aromatic N) is 1. The van der Waals surface area contributed by atoms with Crippen LogP contribution in [0.5, 0.6) is 5.75 Å². The summed E-state index contributed by atoms with van der Waals surface area (Å²) in [4.78, 5) is 5.08. The van der Waals surface area contributed by atoms with Gasteiger partial charge in [0.1, 0.15) is 16.6 Å². The molecule has 2 rings (SSSR count). The summed E-state index contributed by atoms with van der Waals surface area (Å²) in [5.41, 5.74) is 6.28. The van der Waals surface area contributed by atoms with Gasteiger partial charge in [-0.25, -0.2) is 9.37 Å². The Morgan fingerprint density at radius 1 is 1.44 bits per heavy atom. The van der Waals surface area contributed by atoms with Gasteiger partial charge in [-0.2, -0.15) is 0 Å². The maximum absolute atomic E-state index is 13.1. The molecule has 0 aliphatic rings. The zero-order valence-corrected chi connectivity index (χ0v) is 9.46. The van der Waals surface area contributed by atoms with Crippen LogP contribution in [-0.2, 0) is 0 Å². The second kappa shape index (κ2) is 4.19. The molecule has 5 heteroatoms. The number of aromatic hydroxyl groups is 1. The highest BCUT2D eigenvalue weighted by Crippen LogP contribution is 2.30. The number of rotatable bonds is 2. The molecule has 0 aliphatic heterocycles. The van der Waals surface area contributed by atoms with E-state index in [0.717, 1.165) is 10.9 Å². The lowest BCUT2D eigenvalue weighted by atomic mass is 10.2. The topological polar surface area (TPSA) is 59.1 Å². The lowest BCUT2D eigenvalue weighted by Gasteiger charge is -1.99. The smallest absolute Gasteiger partial charge is 0.127 e. The Kier molecular flexibility index (Phi) is 2.89. The van der Waals surface area contributed by atoms with E-state index >= 15 is 0 Å². The summed E-state index contributed by atoms with van der Waals surface area (Å²) in [7, 11) is 0. The summed E-state index contributed by atoms with van der Waals surface area (Å²) in [5, 5.41) is 9.94. The van der Waals surface area contributed by atoms with Crippen molar-refractivity contribution in [2.75, 3.05) is 0 Å². The molecule has 1 atom stereocenters. The van der Waals surface area contributed by atoms with Crippen molar-refractivity contribution in [3.05, 3.63) is 35.1 Å². The summed E-state index contributed by atoms with van der Waals surface area (Å²) in [6, 6.07) is 3.79. The fourth-order valence-corrected chi connectivity index (χ4v) is 2.18. The van der Waals surface area contributed by atoms with E-state index in [1.807, 2.05) is 6.92 Å². The molecule has 84 valence electrons. The van der Waals surface area contributed by atoms with E-state index in [2.05, 4.69) is 4.98 Å². The van der Waals surface area contributed by atoms with E-state index in [1.165, 1.54) is 23.5 Å². The quantitative estimate of drug-likeness (QED) is 0.845. The highest BCUT2D eigenvalue weighted by molar-refractivity contribution is 7.15. The molecule has 1 heterocycles. The molecule has 0 saturated heterocycles. The third-order valence-corrected chi connectivity index (χ3v) is 3.35. The Bertz CT molecular complexity index is 490. The zero-order valence-electron chi connectivity index (χ0n) is 8.64. The van der Waals surface area contributed by atoms with Crippen LogP contribution in [0.4, 0.5) is 4.39 Å². The summed E-state index contributed by atoms with van der Waals surface area (Å²) in [6.07, 6.45) is 1.67. The van der Waals surface area contributed by atoms with Crippen LogP contribution in [0.3, 0.4) is 0 Å². The predicted molar refractivity (Wildman–Crippen MR) is 61.8 cm³/mol. The van der Waals surface area contributed by atoms with E-state index in [0.29, 0.717) is 10.6 Å². The lowest BCUT2D eigenvalue weighted by molar-refractivity contribution is 0.469. The molecule has 1 aromatic heterocycles. The molecule has 0 amide bonds. The van der Waals surface area contributed by atoms with Crippen molar-refractivity contribution in [2.24, 2.45) is 5.73 Å². The first-order valence-corrected chi connectivity index (χ1v) is 5.59. The molecule has 3 nitrogen and oxygen atoms in total. The van der Waals surface area contributed by atoms with Gasteiger partial charge in [-0.3, -0.25) is 0 Å². The molecule has 1 aromatic carbocycles. The van der Waals surface area contributed by atoms with E-state index < -0.39 is 5.82 Å². The van der Waals surface area contributed by atoms with Crippen LogP contribution in [0.25, 0.3) is 10.6 Å². The Morgan fingerprint density at radius 3 is 2.75 bits per heavy atom. The number of nitrogens with two attached hydrogens (primary N) is 1. The average Bonchev–Trinajstić information content (AvgIpc) is 2.64. The van der Waals surface area contributed by atoms with Gasteiger partial charge in [0.2, 0.25) is 0 Å². The van der Waals surface area contributed by atoms with Crippen molar-refractivity contribution in [3.8, 4) is 16.3 Å². The minimum Gasteiger partial charge on any atom is -0.508 e. The van der Waals surface area contributed by atoms with Gasteiger partial charge >= 0.3 is 0 Å². The minimum atomic E-state index is -0.479. The molecule has 0 saturated carbocycles. The number of aromatic nitrogens is 1. The molecule has 0 spiro atoms. The van der Waals surface area contributed by atoms with Crippen LogP contribution < -0.4 is 5.73 Å². The van der Waals surface area contributed by atoms with Gasteiger partial charge in [0, 0.05) is 28.7 Å². The average molecular weight is 238 g/mol. The molecule has 0 radical (unpaired) electrons. The van der Waals surface area contributed by atoms with Gasteiger partial charge < -0.3 is 10.8 Å². The molecule has 2 aromatic rings. The summed E-state index contributed by atoms with van der Waals surface area (Å²) in [6.45, 7) is 1.86. The van der Waals surface area contributed by atoms with Gasteiger partial charge in [-0.1, -0.05) is 0 Å². The maximum Gasteiger partial charge on any atom is 0.127 e. The van der Waals surface area contributed by atoms with Crippen LogP contribution >= 0.6 is 11.3 Å². The minimum absolute atomic E-state index is 0.0894. The molecule has 1 unspecified atom stereocenters. The molecule has 3 N–H and O–H groups in total. The summed E-state index contributed by atoms with van der Waals surface area (Å²) >= 11 is 1.40. The summed E-state index contributed by atoms with van der Waals surface area (Å²) < 4.78 is 13.1. The number of phenolic OH excluding ortho intramolecular Hbond substituents is 1. The van der Waals surface area contributed by atoms with Gasteiger partial charge in [-0.15, -0.1) is 11.3 Å². The van der Waals surface area contributed by atoms with E-state index in [1.54, 1.807) is 6.20 Å². The largest absolute Gasteiger partial charge is 0.508 e.